The number of nitrogens with zero attached hydrogens (tertiary/aromatic N) is 2. The molecule has 0 bridgehead atoms. The van der Waals surface area contributed by atoms with Crippen molar-refractivity contribution in [3.05, 3.63) is 53.7 Å². The van der Waals surface area contributed by atoms with Crippen molar-refractivity contribution in [1.82, 2.24) is 10.3 Å². The molecule has 1 saturated heterocycles. The van der Waals surface area contributed by atoms with E-state index in [9.17, 15) is 31.5 Å². The van der Waals surface area contributed by atoms with E-state index >= 15 is 0 Å². The van der Waals surface area contributed by atoms with Crippen LogP contribution in [0.1, 0.15) is 18.4 Å². The first kappa shape index (κ1) is 21.5. The summed E-state index contributed by atoms with van der Waals surface area (Å²) in [6.07, 6.45) is -2.88. The van der Waals surface area contributed by atoms with E-state index in [2.05, 4.69) is 10.3 Å². The minimum absolute atomic E-state index is 0.376. The first-order valence-electron chi connectivity index (χ1n) is 8.99. The second-order valence-corrected chi connectivity index (χ2v) is 6.69. The zero-order chi connectivity index (χ0) is 21.9. The Bertz CT molecular complexity index is 905. The van der Waals surface area contributed by atoms with Crippen molar-refractivity contribution in [2.45, 2.75) is 25.1 Å². The number of carbonyl (C=O) groups excluding carboxylic acids is 2. The van der Waals surface area contributed by atoms with Crippen LogP contribution in [-0.4, -0.2) is 35.9 Å². The summed E-state index contributed by atoms with van der Waals surface area (Å²) >= 11 is 0. The van der Waals surface area contributed by atoms with Gasteiger partial charge in [0.05, 0.1) is 5.56 Å². The predicted molar refractivity (Wildman–Crippen MR) is 97.6 cm³/mol. The number of pyridine rings is 1. The molecule has 3 rings (SSSR count). The molecule has 1 fully saturated rings. The first-order chi connectivity index (χ1) is 14.1. The van der Waals surface area contributed by atoms with Gasteiger partial charge in [0.1, 0.15) is 23.1 Å². The summed E-state index contributed by atoms with van der Waals surface area (Å²) in [5.74, 6) is -3.88. The van der Waals surface area contributed by atoms with Gasteiger partial charge in [-0.2, -0.15) is 13.2 Å². The van der Waals surface area contributed by atoms with E-state index < -0.39 is 40.9 Å². The minimum atomic E-state index is -4.46. The molecule has 1 aromatic carbocycles. The predicted octanol–water partition coefficient (Wildman–Crippen LogP) is 3.10. The summed E-state index contributed by atoms with van der Waals surface area (Å²) in [5.41, 5.74) is -1.55. The van der Waals surface area contributed by atoms with Crippen LogP contribution in [0.4, 0.5) is 33.5 Å². The van der Waals surface area contributed by atoms with Gasteiger partial charge < -0.3 is 15.5 Å². The van der Waals surface area contributed by atoms with E-state index in [0.717, 1.165) is 30.5 Å². The molecule has 1 aliphatic heterocycles. The highest BCUT2D eigenvalue weighted by atomic mass is 19.4. The number of aromatic nitrogens is 1. The van der Waals surface area contributed by atoms with Gasteiger partial charge in [-0.1, -0.05) is 6.07 Å². The standard InChI is InChI=1S/C19H17F5N4O2/c20-13-2-1-3-14(21)16(13)27-18(30)17(29)26-12-6-8-28(9-7-12)15-5-4-11(10-25-15)19(22,23)24/h1-5,10,12H,6-9H2,(H,26,29)(H,27,30). The Kier molecular flexibility index (Phi) is 6.18. The number of nitrogens with one attached hydrogen (secondary N) is 2. The Hall–Kier alpha value is -3.24. The molecule has 0 aliphatic carbocycles. The molecule has 11 heteroatoms. The lowest BCUT2D eigenvalue weighted by atomic mass is 10.0. The van der Waals surface area contributed by atoms with Gasteiger partial charge in [0.2, 0.25) is 0 Å². The van der Waals surface area contributed by atoms with Gasteiger partial charge in [0.25, 0.3) is 0 Å². The van der Waals surface area contributed by atoms with Crippen molar-refractivity contribution >= 4 is 23.3 Å². The van der Waals surface area contributed by atoms with Crippen LogP contribution in [0.2, 0.25) is 0 Å². The number of carbonyl (C=O) groups is 2. The fraction of sp³-hybridized carbons (Fsp3) is 0.316. The average molecular weight is 428 g/mol. The van der Waals surface area contributed by atoms with Crippen molar-refractivity contribution in [2.75, 3.05) is 23.3 Å². The second-order valence-electron chi connectivity index (χ2n) is 6.69. The quantitative estimate of drug-likeness (QED) is 0.582. The maximum absolute atomic E-state index is 13.6. The largest absolute Gasteiger partial charge is 0.417 e. The molecule has 0 radical (unpaired) electrons. The number of halogens is 5. The number of hydrogen-bond donors (Lipinski definition) is 2. The van der Waals surface area contributed by atoms with Crippen LogP contribution in [0.5, 0.6) is 0 Å². The molecule has 30 heavy (non-hydrogen) atoms. The average Bonchev–Trinajstić information content (AvgIpc) is 2.70. The third kappa shape index (κ3) is 5.02. The van der Waals surface area contributed by atoms with Crippen molar-refractivity contribution < 1.29 is 31.5 Å². The fourth-order valence-electron chi connectivity index (χ4n) is 3.03. The highest BCUT2D eigenvalue weighted by Crippen LogP contribution is 2.29. The van der Waals surface area contributed by atoms with Crippen LogP contribution in [0, 0.1) is 11.6 Å². The van der Waals surface area contributed by atoms with E-state index in [4.69, 9.17) is 0 Å². The third-order valence-corrected chi connectivity index (χ3v) is 4.64. The lowest BCUT2D eigenvalue weighted by Gasteiger charge is -2.33. The van der Waals surface area contributed by atoms with Gasteiger partial charge in [-0.15, -0.1) is 0 Å². The first-order valence-corrected chi connectivity index (χ1v) is 8.99. The Morgan fingerprint density at radius 1 is 1.00 bits per heavy atom. The number of piperidine rings is 1. The number of hydrogen-bond acceptors (Lipinski definition) is 4. The van der Waals surface area contributed by atoms with E-state index in [1.165, 1.54) is 6.07 Å². The van der Waals surface area contributed by atoms with Crippen LogP contribution in [0.3, 0.4) is 0 Å². The molecule has 1 aliphatic rings. The monoisotopic (exact) mass is 428 g/mol. The zero-order valence-electron chi connectivity index (χ0n) is 15.5. The molecule has 2 heterocycles. The highest BCUT2D eigenvalue weighted by molar-refractivity contribution is 6.39. The van der Waals surface area contributed by atoms with Crippen LogP contribution in [-0.2, 0) is 15.8 Å². The number of benzene rings is 1. The molecule has 1 aromatic heterocycles. The summed E-state index contributed by atoms with van der Waals surface area (Å²) in [7, 11) is 0. The Morgan fingerprint density at radius 3 is 2.17 bits per heavy atom. The van der Waals surface area contributed by atoms with Crippen molar-refractivity contribution in [3.63, 3.8) is 0 Å². The minimum Gasteiger partial charge on any atom is -0.356 e. The molecule has 2 amide bonds. The number of rotatable bonds is 3. The molecule has 0 unspecified atom stereocenters. The SMILES string of the molecule is O=C(Nc1c(F)cccc1F)C(=O)NC1CCN(c2ccc(C(F)(F)F)cn2)CC1. The Morgan fingerprint density at radius 2 is 1.63 bits per heavy atom. The van der Waals surface area contributed by atoms with Crippen LogP contribution in [0.25, 0.3) is 0 Å². The number of alkyl halides is 3. The molecule has 6 nitrogen and oxygen atoms in total. The van der Waals surface area contributed by atoms with E-state index in [1.54, 1.807) is 4.90 Å². The van der Waals surface area contributed by atoms with Gasteiger partial charge in [0.15, 0.2) is 0 Å². The smallest absolute Gasteiger partial charge is 0.356 e. The normalized spacial score (nSPS) is 15.0. The summed E-state index contributed by atoms with van der Waals surface area (Å²) in [6, 6.07) is 4.86. The van der Waals surface area contributed by atoms with Gasteiger partial charge in [-0.05, 0) is 37.1 Å². The van der Waals surface area contributed by atoms with Gasteiger partial charge in [-0.3, -0.25) is 9.59 Å². The van der Waals surface area contributed by atoms with Crippen molar-refractivity contribution in [2.24, 2.45) is 0 Å². The van der Waals surface area contributed by atoms with Gasteiger partial charge in [-0.25, -0.2) is 13.8 Å². The van der Waals surface area contributed by atoms with Crippen molar-refractivity contribution in [1.29, 1.82) is 0 Å². The van der Waals surface area contributed by atoms with Gasteiger partial charge >= 0.3 is 18.0 Å². The summed E-state index contributed by atoms with van der Waals surface area (Å²) in [4.78, 5) is 29.5. The summed E-state index contributed by atoms with van der Waals surface area (Å²) in [6.45, 7) is 0.791. The van der Waals surface area contributed by atoms with Crippen LogP contribution < -0.4 is 15.5 Å². The Labute approximate surface area is 168 Å². The number of anilines is 2. The lowest BCUT2D eigenvalue weighted by Crippen LogP contribution is -2.48. The lowest BCUT2D eigenvalue weighted by molar-refractivity contribution is -0.137. The van der Waals surface area contributed by atoms with Crippen molar-refractivity contribution in [3.8, 4) is 0 Å². The fourth-order valence-corrected chi connectivity index (χ4v) is 3.03. The van der Waals surface area contributed by atoms with E-state index in [-0.39, 0.29) is 6.04 Å². The topological polar surface area (TPSA) is 74.3 Å². The summed E-state index contributed by atoms with van der Waals surface area (Å²) in [5, 5.41) is 4.39. The summed E-state index contributed by atoms with van der Waals surface area (Å²) < 4.78 is 65.0. The molecule has 2 N–H and O–H groups in total. The molecular formula is C19H17F5N4O2. The molecule has 0 spiro atoms. The second kappa shape index (κ2) is 8.64. The molecule has 2 aromatic rings. The maximum Gasteiger partial charge on any atom is 0.417 e. The third-order valence-electron chi connectivity index (χ3n) is 4.64. The number of para-hydroxylation sites is 1. The van der Waals surface area contributed by atoms with Crippen LogP contribution in [0.15, 0.2) is 36.5 Å². The Balaban J connectivity index is 1.51. The molecule has 0 saturated carbocycles. The molecule has 160 valence electrons. The van der Waals surface area contributed by atoms with Gasteiger partial charge in [0, 0.05) is 25.3 Å². The number of amides is 2. The zero-order valence-corrected chi connectivity index (χ0v) is 15.5. The van der Waals surface area contributed by atoms with E-state index in [0.29, 0.717) is 31.7 Å². The van der Waals surface area contributed by atoms with E-state index in [1.807, 2.05) is 5.32 Å². The maximum atomic E-state index is 13.6. The van der Waals surface area contributed by atoms with Crippen LogP contribution >= 0.6 is 0 Å². The molecule has 0 atom stereocenters. The highest BCUT2D eigenvalue weighted by Gasteiger charge is 2.31. The molecular weight excluding hydrogens is 411 g/mol.